The Balaban J connectivity index is 2.65. The van der Waals surface area contributed by atoms with Crippen molar-refractivity contribution < 1.29 is 28.3 Å². The molecule has 21 heavy (non-hydrogen) atoms. The predicted octanol–water partition coefficient (Wildman–Crippen LogP) is 0.342. The zero-order valence-corrected chi connectivity index (χ0v) is 10.9. The van der Waals surface area contributed by atoms with Gasteiger partial charge in [-0.1, -0.05) is 6.07 Å². The van der Waals surface area contributed by atoms with Crippen LogP contribution in [0.5, 0.6) is 0 Å². The van der Waals surface area contributed by atoms with E-state index in [1.165, 1.54) is 0 Å². The lowest BCUT2D eigenvalue weighted by molar-refractivity contribution is -0.142. The van der Waals surface area contributed by atoms with E-state index in [0.29, 0.717) is 6.07 Å². The quantitative estimate of drug-likeness (QED) is 0.674. The van der Waals surface area contributed by atoms with Gasteiger partial charge in [-0.25, -0.2) is 13.6 Å². The summed E-state index contributed by atoms with van der Waals surface area (Å²) in [7, 11) is 0. The van der Waals surface area contributed by atoms with Crippen molar-refractivity contribution in [2.45, 2.75) is 25.3 Å². The van der Waals surface area contributed by atoms with Crippen LogP contribution in [0.25, 0.3) is 0 Å². The van der Waals surface area contributed by atoms with Crippen molar-refractivity contribution in [1.82, 2.24) is 5.32 Å². The Kier molecular flexibility index (Phi) is 5.77. The number of carbonyl (C=O) groups excluding carboxylic acids is 2. The Morgan fingerprint density at radius 2 is 1.95 bits per heavy atom. The minimum Gasteiger partial charge on any atom is -0.480 e. The number of carbonyl (C=O) groups is 3. The first-order chi connectivity index (χ1) is 9.79. The van der Waals surface area contributed by atoms with Crippen LogP contribution in [0.2, 0.25) is 0 Å². The summed E-state index contributed by atoms with van der Waals surface area (Å²) in [4.78, 5) is 33.2. The summed E-state index contributed by atoms with van der Waals surface area (Å²) in [5.41, 5.74) is 4.84. The molecule has 0 aliphatic rings. The molecule has 0 radical (unpaired) electrons. The van der Waals surface area contributed by atoms with Crippen molar-refractivity contribution in [1.29, 1.82) is 0 Å². The summed E-state index contributed by atoms with van der Waals surface area (Å²) in [5, 5.41) is 11.1. The number of carboxylic acid groups (broad SMARTS) is 1. The van der Waals surface area contributed by atoms with Crippen LogP contribution in [-0.4, -0.2) is 28.9 Å². The third kappa shape index (κ3) is 5.55. The van der Waals surface area contributed by atoms with Gasteiger partial charge in [0.15, 0.2) is 0 Å². The van der Waals surface area contributed by atoms with Crippen molar-refractivity contribution >= 4 is 17.8 Å². The molecule has 4 N–H and O–H groups in total. The van der Waals surface area contributed by atoms with Crippen LogP contribution in [0.3, 0.4) is 0 Å². The summed E-state index contributed by atoms with van der Waals surface area (Å²) in [6.07, 6.45) is -0.809. The van der Waals surface area contributed by atoms with Crippen LogP contribution >= 0.6 is 0 Å². The van der Waals surface area contributed by atoms with Gasteiger partial charge >= 0.3 is 5.97 Å². The lowest BCUT2D eigenvalue weighted by Gasteiger charge is -2.13. The standard InChI is InChI=1S/C13H14F2N2O4/c14-8-2-1-7(9(15)6-8)5-12(19)17-10(13(20)21)3-4-11(16)18/h1-2,6,10H,3-5H2,(H2,16,18)(H,17,19)(H,20,21)/t10-/m1/s1. The number of carboxylic acids is 1. The molecule has 0 heterocycles. The fourth-order valence-electron chi connectivity index (χ4n) is 1.63. The Hall–Kier alpha value is -2.51. The first-order valence-corrected chi connectivity index (χ1v) is 6.04. The number of rotatable bonds is 7. The minimum absolute atomic E-state index is 0.0621. The van der Waals surface area contributed by atoms with Gasteiger partial charge in [0.05, 0.1) is 6.42 Å². The number of aliphatic carboxylic acids is 1. The Bertz CT molecular complexity index is 563. The summed E-state index contributed by atoms with van der Waals surface area (Å²) in [6, 6.07) is 1.43. The number of halogens is 2. The number of nitrogens with two attached hydrogens (primary N) is 1. The monoisotopic (exact) mass is 300 g/mol. The number of nitrogens with one attached hydrogen (secondary N) is 1. The maximum Gasteiger partial charge on any atom is 0.326 e. The molecule has 0 saturated heterocycles. The molecule has 2 amide bonds. The van der Waals surface area contributed by atoms with Crippen LogP contribution in [0.4, 0.5) is 8.78 Å². The van der Waals surface area contributed by atoms with Crippen molar-refractivity contribution in [3.05, 3.63) is 35.4 Å². The van der Waals surface area contributed by atoms with Crippen molar-refractivity contribution in [2.75, 3.05) is 0 Å². The topological polar surface area (TPSA) is 109 Å². The fraction of sp³-hybridized carbons (Fsp3) is 0.308. The van der Waals surface area contributed by atoms with E-state index in [4.69, 9.17) is 10.8 Å². The maximum absolute atomic E-state index is 13.4. The molecule has 0 saturated carbocycles. The van der Waals surface area contributed by atoms with E-state index in [1.807, 2.05) is 0 Å². The second kappa shape index (κ2) is 7.32. The molecular weight excluding hydrogens is 286 g/mol. The molecular formula is C13H14F2N2O4. The second-order valence-corrected chi connectivity index (χ2v) is 4.38. The number of benzene rings is 1. The molecule has 1 aromatic rings. The van der Waals surface area contributed by atoms with Gasteiger partial charge in [-0.15, -0.1) is 0 Å². The van der Waals surface area contributed by atoms with Crippen LogP contribution in [-0.2, 0) is 20.8 Å². The molecule has 0 aliphatic heterocycles. The summed E-state index contributed by atoms with van der Waals surface area (Å²) in [5.74, 6) is -4.45. The summed E-state index contributed by atoms with van der Waals surface area (Å²) in [6.45, 7) is 0. The largest absolute Gasteiger partial charge is 0.480 e. The molecule has 0 unspecified atom stereocenters. The zero-order valence-electron chi connectivity index (χ0n) is 10.9. The van der Waals surface area contributed by atoms with Crippen LogP contribution in [0.15, 0.2) is 18.2 Å². The zero-order chi connectivity index (χ0) is 16.0. The molecule has 0 aromatic heterocycles. The lowest BCUT2D eigenvalue weighted by Crippen LogP contribution is -2.42. The highest BCUT2D eigenvalue weighted by Gasteiger charge is 2.21. The van der Waals surface area contributed by atoms with Crippen LogP contribution in [0, 0.1) is 11.6 Å². The minimum atomic E-state index is -1.33. The van der Waals surface area contributed by atoms with Gasteiger partial charge in [0.1, 0.15) is 17.7 Å². The third-order valence-electron chi connectivity index (χ3n) is 2.68. The third-order valence-corrected chi connectivity index (χ3v) is 2.68. The number of hydrogen-bond acceptors (Lipinski definition) is 3. The van der Waals surface area contributed by atoms with Gasteiger partial charge < -0.3 is 16.2 Å². The summed E-state index contributed by atoms with van der Waals surface area (Å²) < 4.78 is 26.1. The molecule has 0 fully saturated rings. The summed E-state index contributed by atoms with van der Waals surface area (Å²) >= 11 is 0. The first kappa shape index (κ1) is 16.5. The van der Waals surface area contributed by atoms with E-state index in [0.717, 1.165) is 12.1 Å². The maximum atomic E-state index is 13.4. The molecule has 1 aromatic carbocycles. The van der Waals surface area contributed by atoms with Gasteiger partial charge in [-0.05, 0) is 18.1 Å². The van der Waals surface area contributed by atoms with E-state index in [9.17, 15) is 23.2 Å². The molecule has 6 nitrogen and oxygen atoms in total. The molecule has 1 rings (SSSR count). The molecule has 8 heteroatoms. The highest BCUT2D eigenvalue weighted by Crippen LogP contribution is 2.10. The van der Waals surface area contributed by atoms with E-state index in [2.05, 4.69) is 5.32 Å². The van der Waals surface area contributed by atoms with Gasteiger partial charge in [0, 0.05) is 12.5 Å². The second-order valence-electron chi connectivity index (χ2n) is 4.38. The predicted molar refractivity (Wildman–Crippen MR) is 68.1 cm³/mol. The highest BCUT2D eigenvalue weighted by atomic mass is 19.1. The Labute approximate surface area is 118 Å². The van der Waals surface area contributed by atoms with Crippen LogP contribution in [0.1, 0.15) is 18.4 Å². The molecule has 0 spiro atoms. The van der Waals surface area contributed by atoms with Gasteiger partial charge in [0.2, 0.25) is 11.8 Å². The molecule has 1 atom stereocenters. The van der Waals surface area contributed by atoms with Crippen molar-refractivity contribution in [2.24, 2.45) is 5.73 Å². The average Bonchev–Trinajstić information content (AvgIpc) is 2.37. The fourth-order valence-corrected chi connectivity index (χ4v) is 1.63. The number of hydrogen-bond donors (Lipinski definition) is 3. The number of amides is 2. The Morgan fingerprint density at radius 1 is 1.29 bits per heavy atom. The van der Waals surface area contributed by atoms with Crippen molar-refractivity contribution in [3.63, 3.8) is 0 Å². The molecule has 0 aliphatic carbocycles. The normalized spacial score (nSPS) is 11.7. The number of primary amides is 1. The average molecular weight is 300 g/mol. The highest BCUT2D eigenvalue weighted by molar-refractivity contribution is 5.85. The van der Waals surface area contributed by atoms with Crippen LogP contribution < -0.4 is 11.1 Å². The van der Waals surface area contributed by atoms with E-state index in [-0.39, 0.29) is 18.4 Å². The first-order valence-electron chi connectivity index (χ1n) is 6.04. The lowest BCUT2D eigenvalue weighted by atomic mass is 10.1. The SMILES string of the molecule is NC(=O)CC[C@@H](NC(=O)Cc1ccc(F)cc1F)C(=O)O. The Morgan fingerprint density at radius 3 is 2.48 bits per heavy atom. The van der Waals surface area contributed by atoms with Crippen molar-refractivity contribution in [3.8, 4) is 0 Å². The van der Waals surface area contributed by atoms with E-state index >= 15 is 0 Å². The molecule has 0 bridgehead atoms. The smallest absolute Gasteiger partial charge is 0.326 e. The van der Waals surface area contributed by atoms with Gasteiger partial charge in [0.25, 0.3) is 0 Å². The van der Waals surface area contributed by atoms with E-state index < -0.39 is 41.9 Å². The van der Waals surface area contributed by atoms with Gasteiger partial charge in [-0.2, -0.15) is 0 Å². The molecule has 114 valence electrons. The van der Waals surface area contributed by atoms with E-state index in [1.54, 1.807) is 0 Å². The van der Waals surface area contributed by atoms with Gasteiger partial charge in [-0.3, -0.25) is 9.59 Å².